The van der Waals surface area contributed by atoms with Crippen LogP contribution in [0.1, 0.15) is 54.9 Å². The second-order valence-corrected chi connectivity index (χ2v) is 12.9. The van der Waals surface area contributed by atoms with Gasteiger partial charge in [-0.05, 0) is 89.1 Å². The Kier molecular flexibility index (Phi) is 10.8. The van der Waals surface area contributed by atoms with Gasteiger partial charge in [0.1, 0.15) is 11.3 Å². The van der Waals surface area contributed by atoms with E-state index in [4.69, 9.17) is 9.72 Å². The summed E-state index contributed by atoms with van der Waals surface area (Å²) >= 11 is 1.47. The number of hydrogen-bond acceptors (Lipinski definition) is 7. The molecule has 1 amide bonds. The summed E-state index contributed by atoms with van der Waals surface area (Å²) in [5.74, 6) is 0.472. The molecule has 0 bridgehead atoms. The monoisotopic (exact) mass is 594 g/mol. The number of aryl methyl sites for hydroxylation is 1. The fourth-order valence-corrected chi connectivity index (χ4v) is 7.81. The summed E-state index contributed by atoms with van der Waals surface area (Å²) in [7, 11) is 2.01. The largest absolute Gasteiger partial charge is 0.494 e. The number of carbonyl (C=O) groups excluding carboxylic acids is 1. The smallest absolute Gasteiger partial charge is 0.260 e. The average Bonchev–Trinajstić information content (AvgIpc) is 3.37. The highest BCUT2D eigenvalue weighted by Crippen LogP contribution is 2.37. The maximum absolute atomic E-state index is 13.8. The lowest BCUT2D eigenvalue weighted by Gasteiger charge is -2.34. The first-order valence-electron chi connectivity index (χ1n) is 13.2. The van der Waals surface area contributed by atoms with Crippen molar-refractivity contribution in [1.29, 1.82) is 0 Å². The third kappa shape index (κ3) is 6.74. The van der Waals surface area contributed by atoms with E-state index in [0.717, 1.165) is 54.4 Å². The molecular formula is C28H39ClN4O4S2. The molecule has 1 fully saturated rings. The van der Waals surface area contributed by atoms with Crippen molar-refractivity contribution in [2.45, 2.75) is 56.9 Å². The van der Waals surface area contributed by atoms with Gasteiger partial charge >= 0.3 is 0 Å². The Morgan fingerprint density at radius 1 is 1.13 bits per heavy atom. The number of carbonyl (C=O) groups is 1. The van der Waals surface area contributed by atoms with Gasteiger partial charge in [-0.3, -0.25) is 9.69 Å². The van der Waals surface area contributed by atoms with E-state index in [0.29, 0.717) is 29.5 Å². The molecule has 1 aliphatic rings. The number of nitrogens with zero attached hydrogens (tertiary/aromatic N) is 4. The van der Waals surface area contributed by atoms with E-state index in [1.165, 1.54) is 11.3 Å². The lowest BCUT2D eigenvalue weighted by molar-refractivity contribution is 0.0986. The van der Waals surface area contributed by atoms with Crippen LogP contribution in [0.4, 0.5) is 5.13 Å². The number of piperidine rings is 1. The Morgan fingerprint density at radius 3 is 2.49 bits per heavy atom. The van der Waals surface area contributed by atoms with Crippen LogP contribution in [0.5, 0.6) is 5.75 Å². The topological polar surface area (TPSA) is 83.1 Å². The molecule has 0 N–H and O–H groups in total. The number of halogens is 1. The number of ether oxygens (including phenoxy) is 1. The van der Waals surface area contributed by atoms with Gasteiger partial charge in [0, 0.05) is 24.7 Å². The number of sulfonamides is 1. The fraction of sp³-hybridized carbons (Fsp3) is 0.500. The van der Waals surface area contributed by atoms with Crippen molar-refractivity contribution >= 4 is 55.0 Å². The lowest BCUT2D eigenvalue weighted by atomic mass is 10.0. The summed E-state index contributed by atoms with van der Waals surface area (Å²) in [6.07, 6.45) is 4.38. The zero-order valence-electron chi connectivity index (χ0n) is 23.3. The van der Waals surface area contributed by atoms with E-state index in [-0.39, 0.29) is 29.3 Å². The molecule has 1 saturated heterocycles. The van der Waals surface area contributed by atoms with Gasteiger partial charge in [-0.15, -0.1) is 12.4 Å². The zero-order valence-corrected chi connectivity index (χ0v) is 25.8. The lowest BCUT2D eigenvalue weighted by Crippen LogP contribution is -2.43. The van der Waals surface area contributed by atoms with Crippen molar-refractivity contribution in [3.8, 4) is 5.75 Å². The number of benzene rings is 2. The molecule has 0 radical (unpaired) electrons. The summed E-state index contributed by atoms with van der Waals surface area (Å²) in [5, 5.41) is 0.604. The summed E-state index contributed by atoms with van der Waals surface area (Å²) in [4.78, 5) is 22.6. The minimum Gasteiger partial charge on any atom is -0.494 e. The molecule has 11 heteroatoms. The second-order valence-electron chi connectivity index (χ2n) is 10.1. The highest BCUT2D eigenvalue weighted by Gasteiger charge is 2.32. The molecule has 214 valence electrons. The summed E-state index contributed by atoms with van der Waals surface area (Å²) in [6, 6.07) is 10.3. The molecule has 1 aliphatic heterocycles. The zero-order chi connectivity index (χ0) is 27.4. The van der Waals surface area contributed by atoms with Crippen LogP contribution in [-0.2, 0) is 10.0 Å². The van der Waals surface area contributed by atoms with Crippen LogP contribution in [0.15, 0.2) is 41.3 Å². The minimum atomic E-state index is -3.61. The number of amides is 1. The van der Waals surface area contributed by atoms with Gasteiger partial charge in [0.15, 0.2) is 5.13 Å². The standard InChI is InChI=1S/C28H38N4O4S2.ClH/c1-6-22-10-7-8-19-32(22)38(34,35)23-14-12-21(13-15-23)27(33)31(18-9-17-30(3)4)28-29-25-24(36-5)16-11-20(2)26(25)37-28;/h11-16,22H,6-10,17-19H2,1-5H3;1H. The van der Waals surface area contributed by atoms with Gasteiger partial charge in [-0.25, -0.2) is 13.4 Å². The molecular weight excluding hydrogens is 556 g/mol. The van der Waals surface area contributed by atoms with Crippen molar-refractivity contribution in [2.24, 2.45) is 0 Å². The van der Waals surface area contributed by atoms with Gasteiger partial charge in [0.25, 0.3) is 5.91 Å². The normalized spacial score (nSPS) is 16.3. The third-order valence-electron chi connectivity index (χ3n) is 7.13. The van der Waals surface area contributed by atoms with E-state index in [1.807, 2.05) is 40.1 Å². The van der Waals surface area contributed by atoms with Crippen LogP contribution in [0.3, 0.4) is 0 Å². The molecule has 1 unspecified atom stereocenters. The molecule has 0 aliphatic carbocycles. The first-order valence-corrected chi connectivity index (χ1v) is 15.5. The number of hydrogen-bond donors (Lipinski definition) is 0. The van der Waals surface area contributed by atoms with E-state index in [2.05, 4.69) is 4.90 Å². The molecule has 39 heavy (non-hydrogen) atoms. The molecule has 4 rings (SSSR count). The van der Waals surface area contributed by atoms with Gasteiger partial charge in [-0.1, -0.05) is 30.7 Å². The van der Waals surface area contributed by atoms with Crippen molar-refractivity contribution in [2.75, 3.05) is 45.7 Å². The summed E-state index contributed by atoms with van der Waals surface area (Å²) < 4.78 is 34.9. The maximum Gasteiger partial charge on any atom is 0.260 e. The SMILES string of the molecule is CCC1CCCCN1S(=O)(=O)c1ccc(C(=O)N(CCCN(C)C)c2nc3c(OC)ccc(C)c3s2)cc1.Cl. The Hall–Kier alpha value is -2.24. The Morgan fingerprint density at radius 2 is 1.85 bits per heavy atom. The van der Waals surface area contributed by atoms with Gasteiger partial charge < -0.3 is 9.64 Å². The first kappa shape index (κ1) is 31.3. The number of fused-ring (bicyclic) bond motifs is 1. The van der Waals surface area contributed by atoms with E-state index >= 15 is 0 Å². The van der Waals surface area contributed by atoms with Crippen molar-refractivity contribution in [3.63, 3.8) is 0 Å². The Balaban J connectivity index is 0.00000420. The maximum atomic E-state index is 13.8. The van der Waals surface area contributed by atoms with Gasteiger partial charge in [-0.2, -0.15) is 4.31 Å². The van der Waals surface area contributed by atoms with Gasteiger partial charge in [0.05, 0.1) is 16.7 Å². The van der Waals surface area contributed by atoms with E-state index in [9.17, 15) is 13.2 Å². The molecule has 8 nitrogen and oxygen atoms in total. The average molecular weight is 595 g/mol. The molecule has 2 aromatic carbocycles. The van der Waals surface area contributed by atoms with Crippen LogP contribution in [0, 0.1) is 6.92 Å². The number of methoxy groups -OCH3 is 1. The Bertz CT molecular complexity index is 1380. The molecule has 1 aromatic heterocycles. The predicted molar refractivity (Wildman–Crippen MR) is 161 cm³/mol. The first-order chi connectivity index (χ1) is 18.2. The van der Waals surface area contributed by atoms with Crippen LogP contribution in [0.2, 0.25) is 0 Å². The van der Waals surface area contributed by atoms with E-state index in [1.54, 1.807) is 40.6 Å². The predicted octanol–water partition coefficient (Wildman–Crippen LogP) is 5.59. The Labute approximate surface area is 242 Å². The number of anilines is 1. The number of aromatic nitrogens is 1. The van der Waals surface area contributed by atoms with Crippen LogP contribution in [-0.4, -0.2) is 75.4 Å². The summed E-state index contributed by atoms with van der Waals surface area (Å²) in [6.45, 7) is 5.91. The minimum absolute atomic E-state index is 0. The highest BCUT2D eigenvalue weighted by atomic mass is 35.5. The highest BCUT2D eigenvalue weighted by molar-refractivity contribution is 7.89. The molecule has 1 atom stereocenters. The van der Waals surface area contributed by atoms with Crippen molar-refractivity contribution in [1.82, 2.24) is 14.2 Å². The number of rotatable bonds is 10. The van der Waals surface area contributed by atoms with Crippen LogP contribution >= 0.6 is 23.7 Å². The van der Waals surface area contributed by atoms with Crippen LogP contribution < -0.4 is 9.64 Å². The third-order valence-corrected chi connectivity index (χ3v) is 10.3. The quantitative estimate of drug-likeness (QED) is 0.304. The van der Waals surface area contributed by atoms with E-state index < -0.39 is 10.0 Å². The fourth-order valence-electron chi connectivity index (χ4n) is 4.97. The summed E-state index contributed by atoms with van der Waals surface area (Å²) in [5.41, 5.74) is 2.25. The molecule has 0 spiro atoms. The van der Waals surface area contributed by atoms with Gasteiger partial charge in [0.2, 0.25) is 10.0 Å². The van der Waals surface area contributed by atoms with Crippen LogP contribution in [0.25, 0.3) is 10.2 Å². The molecule has 0 saturated carbocycles. The van der Waals surface area contributed by atoms with Crippen molar-refractivity contribution in [3.05, 3.63) is 47.5 Å². The second kappa shape index (κ2) is 13.4. The number of thiazole rings is 1. The molecule has 2 heterocycles. The molecule has 3 aromatic rings. The van der Waals surface area contributed by atoms with Crippen molar-refractivity contribution < 1.29 is 17.9 Å².